The highest BCUT2D eigenvalue weighted by atomic mass is 16.6. The average molecular weight is 883 g/mol. The molecule has 24 nitrogen and oxygen atoms in total. The van der Waals surface area contributed by atoms with Crippen molar-refractivity contribution in [2.45, 2.75) is 57.2 Å². The lowest BCUT2D eigenvalue weighted by molar-refractivity contribution is -0.174. The van der Waals surface area contributed by atoms with Crippen LogP contribution in [0.4, 0.5) is 0 Å². The summed E-state index contributed by atoms with van der Waals surface area (Å²) in [7, 11) is 0. The quantitative estimate of drug-likeness (QED) is 0.0520. The van der Waals surface area contributed by atoms with Crippen LogP contribution in [0.5, 0.6) is 34.5 Å². The minimum atomic E-state index is -1.93. The molecule has 4 rings (SSSR count). The van der Waals surface area contributed by atoms with Crippen molar-refractivity contribution in [2.75, 3.05) is 19.6 Å². The van der Waals surface area contributed by atoms with Crippen LogP contribution in [0.15, 0.2) is 54.6 Å². The minimum Gasteiger partial charge on any atom is -0.504 e. The van der Waals surface area contributed by atoms with Crippen LogP contribution in [-0.2, 0) is 43.0 Å². The molecule has 0 spiro atoms. The second-order valence-corrected chi connectivity index (χ2v) is 13.6. The van der Waals surface area contributed by atoms with Gasteiger partial charge in [-0.2, -0.15) is 0 Å². The van der Waals surface area contributed by atoms with Crippen molar-refractivity contribution >= 4 is 53.4 Å². The number of cyclic esters (lactones) is 3. The van der Waals surface area contributed by atoms with E-state index in [0.717, 1.165) is 57.2 Å². The molecular formula is C39H42N6O18. The molecule has 0 radical (unpaired) electrons. The van der Waals surface area contributed by atoms with Crippen molar-refractivity contribution in [3.05, 3.63) is 71.3 Å². The molecule has 24 heteroatoms. The van der Waals surface area contributed by atoms with Gasteiger partial charge >= 0.3 is 17.9 Å². The van der Waals surface area contributed by atoms with Gasteiger partial charge in [-0.3, -0.25) is 28.8 Å². The van der Waals surface area contributed by atoms with Crippen LogP contribution in [0, 0.1) is 0 Å². The Labute approximate surface area is 355 Å². The fourth-order valence-electron chi connectivity index (χ4n) is 5.66. The van der Waals surface area contributed by atoms with Gasteiger partial charge < -0.3 is 76.8 Å². The zero-order valence-corrected chi connectivity index (χ0v) is 33.4. The molecule has 0 unspecified atom stereocenters. The molecule has 3 aromatic carbocycles. The van der Waals surface area contributed by atoms with Gasteiger partial charge in [-0.15, -0.1) is 0 Å². The minimum absolute atomic E-state index is 0.416. The fraction of sp³-hybridized carbons (Fsp3) is 0.308. The number of nitrogens with one attached hydrogen (secondary N) is 6. The van der Waals surface area contributed by atoms with E-state index in [0.29, 0.717) is 0 Å². The van der Waals surface area contributed by atoms with E-state index in [1.54, 1.807) is 0 Å². The van der Waals surface area contributed by atoms with Crippen molar-refractivity contribution in [2.24, 2.45) is 0 Å². The SMILES string of the molecule is C[C@H]1OC(=O)[C@@H](NC(=O)CNC(=O)c2cccc(O)c2O)[C@@H](C)OC(=O)[C@@H](NC(=O)CNC(=O)c2cccc(O)c2O)[C@@H](C)OC(=O)[C@H]1NC(=O)CNC(=O)c1cccc(O)c1O. The maximum Gasteiger partial charge on any atom is 0.332 e. The first kappa shape index (κ1) is 47.4. The number of esters is 3. The standard InChI is InChI=1S/C39H42N6O18/c1-16-28(43-25(49)13-40-34(55)19-7-4-10-22(46)31(19)52)37(58)62-18(3)30(45-27(51)15-42-36(57)21-9-6-12-24(48)33(21)54)39(60)63-17(2)29(38(59)61-16)44-26(50)14-41-35(56)20-8-5-11-23(47)32(20)53/h4-12,16-18,28-30,46-48,52-54H,13-15H2,1-3H3,(H,40,55)(H,41,56)(H,42,57)(H,43,49)(H,44,50)(H,45,51)/t16-,17-,18-,28+,29+,30+/m1/s1. The van der Waals surface area contributed by atoms with Crippen molar-refractivity contribution in [1.82, 2.24) is 31.9 Å². The zero-order chi connectivity index (χ0) is 46.7. The van der Waals surface area contributed by atoms with Crippen molar-refractivity contribution < 1.29 is 88.0 Å². The van der Waals surface area contributed by atoms with Crippen LogP contribution in [0.25, 0.3) is 0 Å². The third-order valence-corrected chi connectivity index (χ3v) is 9.03. The zero-order valence-electron chi connectivity index (χ0n) is 33.4. The van der Waals surface area contributed by atoms with Gasteiger partial charge in [0.1, 0.15) is 18.3 Å². The Morgan fingerprint density at radius 1 is 0.444 bits per heavy atom. The first-order chi connectivity index (χ1) is 29.7. The number of amides is 6. The number of carbonyl (C=O) groups excluding carboxylic acids is 9. The van der Waals surface area contributed by atoms with Crippen LogP contribution in [0.1, 0.15) is 51.8 Å². The smallest absolute Gasteiger partial charge is 0.332 e. The molecule has 3 aromatic rings. The summed E-state index contributed by atoms with van der Waals surface area (Å²) in [5.74, 6) is -14.8. The van der Waals surface area contributed by atoms with Gasteiger partial charge in [0.25, 0.3) is 17.7 Å². The number of phenolic OH excluding ortho intramolecular Hbond substituents is 6. The number of hydrogen-bond acceptors (Lipinski definition) is 18. The molecule has 1 fully saturated rings. The molecule has 63 heavy (non-hydrogen) atoms. The van der Waals surface area contributed by atoms with E-state index in [2.05, 4.69) is 31.9 Å². The van der Waals surface area contributed by atoms with Gasteiger partial charge in [0.2, 0.25) is 17.7 Å². The average Bonchev–Trinajstić information content (AvgIpc) is 3.23. The van der Waals surface area contributed by atoms with Crippen molar-refractivity contribution in [3.8, 4) is 34.5 Å². The summed E-state index contributed by atoms with van der Waals surface area (Å²) in [6, 6.07) is 4.59. The van der Waals surface area contributed by atoms with E-state index in [1.165, 1.54) is 18.2 Å². The normalized spacial score (nSPS) is 20.1. The van der Waals surface area contributed by atoms with Crippen LogP contribution in [0.2, 0.25) is 0 Å². The molecule has 0 bridgehead atoms. The van der Waals surface area contributed by atoms with Crippen molar-refractivity contribution in [1.29, 1.82) is 0 Å². The maximum absolute atomic E-state index is 13.7. The van der Waals surface area contributed by atoms with Gasteiger partial charge in [0, 0.05) is 0 Å². The number of carbonyl (C=O) groups is 9. The monoisotopic (exact) mass is 882 g/mol. The van der Waals surface area contributed by atoms with E-state index in [4.69, 9.17) is 14.2 Å². The van der Waals surface area contributed by atoms with Gasteiger partial charge in [-0.05, 0) is 57.2 Å². The van der Waals surface area contributed by atoms with E-state index in [1.807, 2.05) is 0 Å². The predicted molar refractivity (Wildman–Crippen MR) is 209 cm³/mol. The third-order valence-electron chi connectivity index (χ3n) is 9.03. The third kappa shape index (κ3) is 12.1. The second kappa shape index (κ2) is 20.8. The summed E-state index contributed by atoms with van der Waals surface area (Å²) in [4.78, 5) is 118. The molecule has 0 saturated carbocycles. The van der Waals surface area contributed by atoms with E-state index in [-0.39, 0.29) is 0 Å². The molecule has 1 aliphatic rings. The molecule has 0 aromatic heterocycles. The summed E-state index contributed by atoms with van der Waals surface area (Å²) in [6.07, 6.45) is -5.00. The Kier molecular flexibility index (Phi) is 15.6. The molecule has 336 valence electrons. The molecule has 1 heterocycles. The van der Waals surface area contributed by atoms with Crippen molar-refractivity contribution in [3.63, 3.8) is 0 Å². The number of para-hydroxylation sites is 3. The summed E-state index contributed by atoms with van der Waals surface area (Å²) in [5.41, 5.74) is -1.25. The summed E-state index contributed by atoms with van der Waals surface area (Å²) < 4.78 is 16.2. The first-order valence-electron chi connectivity index (χ1n) is 18.6. The fourth-order valence-corrected chi connectivity index (χ4v) is 5.66. The Morgan fingerprint density at radius 2 is 0.683 bits per heavy atom. The maximum atomic E-state index is 13.7. The highest BCUT2D eigenvalue weighted by molar-refractivity contribution is 6.01. The molecule has 0 aliphatic carbocycles. The van der Waals surface area contributed by atoms with Crippen LogP contribution in [-0.4, -0.2) is 140 Å². The molecular weight excluding hydrogens is 840 g/mol. The van der Waals surface area contributed by atoms with Gasteiger partial charge in [-0.1, -0.05) is 18.2 Å². The Balaban J connectivity index is 1.57. The van der Waals surface area contributed by atoms with Crippen LogP contribution >= 0.6 is 0 Å². The predicted octanol–water partition coefficient (Wildman–Crippen LogP) is -2.23. The topological polar surface area (TPSA) is 375 Å². The van der Waals surface area contributed by atoms with Gasteiger partial charge in [0.05, 0.1) is 36.3 Å². The van der Waals surface area contributed by atoms with E-state index in [9.17, 15) is 73.8 Å². The number of phenols is 6. The number of ether oxygens (including phenoxy) is 3. The molecule has 6 amide bonds. The summed E-state index contributed by atoms with van der Waals surface area (Å²) >= 11 is 0. The lowest BCUT2D eigenvalue weighted by atomic mass is 10.1. The van der Waals surface area contributed by atoms with Gasteiger partial charge in [0.15, 0.2) is 52.6 Å². The second-order valence-electron chi connectivity index (χ2n) is 13.6. The lowest BCUT2D eigenvalue weighted by Crippen LogP contribution is -2.59. The van der Waals surface area contributed by atoms with E-state index >= 15 is 0 Å². The van der Waals surface area contributed by atoms with E-state index < -0.39 is 161 Å². The number of aromatic hydroxyl groups is 6. The number of hydrogen-bond donors (Lipinski definition) is 12. The first-order valence-corrected chi connectivity index (χ1v) is 18.6. The number of benzene rings is 3. The molecule has 1 aliphatic heterocycles. The van der Waals surface area contributed by atoms with Crippen LogP contribution < -0.4 is 31.9 Å². The molecule has 6 atom stereocenters. The molecule has 1 saturated heterocycles. The molecule has 12 N–H and O–H groups in total. The number of rotatable bonds is 12. The Bertz CT molecular complexity index is 2050. The lowest BCUT2D eigenvalue weighted by Gasteiger charge is -2.32. The highest BCUT2D eigenvalue weighted by Crippen LogP contribution is 2.29. The van der Waals surface area contributed by atoms with Crippen LogP contribution in [0.3, 0.4) is 0 Å². The summed E-state index contributed by atoms with van der Waals surface area (Å²) in [5, 5.41) is 72.3. The highest BCUT2D eigenvalue weighted by Gasteiger charge is 2.42. The Morgan fingerprint density at radius 3 is 0.921 bits per heavy atom. The van der Waals surface area contributed by atoms with Gasteiger partial charge in [-0.25, -0.2) is 14.4 Å². The summed E-state index contributed by atoms with van der Waals surface area (Å²) in [6.45, 7) is 0.751. The Hall–Kier alpha value is -8.31. The largest absolute Gasteiger partial charge is 0.504 e.